The van der Waals surface area contributed by atoms with Gasteiger partial charge in [0.15, 0.2) is 0 Å². The van der Waals surface area contributed by atoms with Crippen molar-refractivity contribution >= 4 is 11.8 Å². The number of carbonyl (C=O) groups excluding carboxylic acids is 2. The molecule has 5 unspecified atom stereocenters. The van der Waals surface area contributed by atoms with Gasteiger partial charge < -0.3 is 11.1 Å². The maximum absolute atomic E-state index is 13.1. The second-order valence-electron chi connectivity index (χ2n) is 10.0. The molecule has 1 aliphatic rings. The molecule has 0 aromatic heterocycles. The summed E-state index contributed by atoms with van der Waals surface area (Å²) in [6.45, 7) is 13.1. The van der Waals surface area contributed by atoms with Crippen LogP contribution in [-0.2, 0) is 4.84 Å². The second kappa shape index (κ2) is 10.3. The lowest BCUT2D eigenvalue weighted by Crippen LogP contribution is -2.70. The van der Waals surface area contributed by atoms with Gasteiger partial charge in [0.1, 0.15) is 6.10 Å². The van der Waals surface area contributed by atoms with Crippen molar-refractivity contribution in [1.29, 1.82) is 0 Å². The summed E-state index contributed by atoms with van der Waals surface area (Å²) in [4.78, 5) is 31.2. The molecular weight excluding hydrogens is 426 g/mol. The third kappa shape index (κ3) is 5.03. The number of hydrogen-bond acceptors (Lipinski definition) is 4. The first-order valence-electron chi connectivity index (χ1n) is 12.3. The molecule has 6 heteroatoms. The van der Waals surface area contributed by atoms with Crippen LogP contribution in [0, 0.1) is 5.92 Å². The summed E-state index contributed by atoms with van der Waals surface area (Å²) >= 11 is 0. The highest BCUT2D eigenvalue weighted by atomic mass is 16.7. The molecule has 1 aliphatic heterocycles. The van der Waals surface area contributed by atoms with E-state index in [-0.39, 0.29) is 35.0 Å². The molecule has 0 saturated carbocycles. The fourth-order valence-electron chi connectivity index (χ4n) is 5.13. The predicted molar refractivity (Wildman–Crippen MR) is 135 cm³/mol. The molecule has 0 bridgehead atoms. The van der Waals surface area contributed by atoms with Gasteiger partial charge in [-0.2, -0.15) is 5.06 Å². The van der Waals surface area contributed by atoms with E-state index in [1.54, 1.807) is 24.3 Å². The highest BCUT2D eigenvalue weighted by molar-refractivity contribution is 5.97. The Hall–Kier alpha value is -2.70. The van der Waals surface area contributed by atoms with Crippen molar-refractivity contribution in [2.45, 2.75) is 84.0 Å². The Kier molecular flexibility index (Phi) is 7.84. The van der Waals surface area contributed by atoms with Crippen LogP contribution in [0.5, 0.6) is 0 Å². The molecule has 3 rings (SSSR count). The van der Waals surface area contributed by atoms with Crippen LogP contribution in [0.2, 0.25) is 0 Å². The summed E-state index contributed by atoms with van der Waals surface area (Å²) < 4.78 is 0. The van der Waals surface area contributed by atoms with Gasteiger partial charge in [0.25, 0.3) is 5.91 Å². The number of hydrogen-bond donors (Lipinski definition) is 2. The molecule has 0 radical (unpaired) electrons. The Morgan fingerprint density at radius 1 is 1.06 bits per heavy atom. The van der Waals surface area contributed by atoms with Crippen molar-refractivity contribution in [1.82, 2.24) is 10.4 Å². The minimum absolute atomic E-state index is 0.0231. The smallest absolute Gasteiger partial charge is 0.251 e. The first-order chi connectivity index (χ1) is 16.1. The van der Waals surface area contributed by atoms with Crippen LogP contribution in [-0.4, -0.2) is 34.0 Å². The van der Waals surface area contributed by atoms with Crippen molar-refractivity contribution in [2.75, 3.05) is 0 Å². The van der Waals surface area contributed by atoms with E-state index < -0.39 is 5.91 Å². The normalized spacial score (nSPS) is 28.3. The lowest BCUT2D eigenvalue weighted by atomic mass is 9.68. The van der Waals surface area contributed by atoms with Crippen LogP contribution in [0.4, 0.5) is 0 Å². The number of benzene rings is 2. The number of amides is 2. The van der Waals surface area contributed by atoms with Gasteiger partial charge in [-0.1, -0.05) is 51.1 Å². The second-order valence-corrected chi connectivity index (χ2v) is 10.0. The molecule has 2 amide bonds. The number of rotatable bonds is 8. The number of nitrogens with zero attached hydrogens (tertiary/aromatic N) is 1. The molecule has 1 heterocycles. The quantitative estimate of drug-likeness (QED) is 0.557. The number of piperidine rings is 1. The van der Waals surface area contributed by atoms with Crippen LogP contribution < -0.4 is 11.1 Å². The maximum Gasteiger partial charge on any atom is 0.251 e. The molecule has 2 aromatic carbocycles. The Labute approximate surface area is 203 Å². The molecule has 1 fully saturated rings. The molecule has 3 N–H and O–H groups in total. The number of primary amides is 1. The summed E-state index contributed by atoms with van der Waals surface area (Å²) in [5, 5.41) is 5.51. The van der Waals surface area contributed by atoms with Gasteiger partial charge in [0, 0.05) is 28.2 Å². The molecular formula is C28H39N3O3. The van der Waals surface area contributed by atoms with E-state index in [9.17, 15) is 9.59 Å². The van der Waals surface area contributed by atoms with E-state index in [2.05, 4.69) is 64.1 Å². The Bertz CT molecular complexity index is 994. The van der Waals surface area contributed by atoms with Crippen molar-refractivity contribution in [3.05, 3.63) is 71.3 Å². The molecule has 2 aromatic rings. The zero-order valence-corrected chi connectivity index (χ0v) is 21.3. The number of nitrogens with one attached hydrogen (secondary N) is 1. The van der Waals surface area contributed by atoms with Gasteiger partial charge in [-0.05, 0) is 75.8 Å². The maximum atomic E-state index is 13.1. The number of hydroxylamine groups is 2. The van der Waals surface area contributed by atoms with Gasteiger partial charge in [0.2, 0.25) is 5.91 Å². The van der Waals surface area contributed by atoms with Crippen LogP contribution in [0.3, 0.4) is 0 Å². The first-order valence-corrected chi connectivity index (χ1v) is 12.3. The summed E-state index contributed by atoms with van der Waals surface area (Å²) in [5.74, 6) is -0.499. The summed E-state index contributed by atoms with van der Waals surface area (Å²) in [6, 6.07) is 16.7. The predicted octanol–water partition coefficient (Wildman–Crippen LogP) is 5.26. The number of carbonyl (C=O) groups is 2. The van der Waals surface area contributed by atoms with Gasteiger partial charge in [-0.15, -0.1) is 0 Å². The van der Waals surface area contributed by atoms with Crippen molar-refractivity contribution in [3.8, 4) is 0 Å². The molecule has 34 heavy (non-hydrogen) atoms. The SMILES string of the molecule is CCC1(C)CC(NC(=O)c2ccc(C(N)=O)cc2)C(C)C(C)(CC)N1OC(C)c1ccccc1. The van der Waals surface area contributed by atoms with E-state index in [4.69, 9.17) is 10.6 Å². The molecule has 5 atom stereocenters. The zero-order valence-electron chi connectivity index (χ0n) is 21.3. The van der Waals surface area contributed by atoms with Crippen molar-refractivity contribution in [3.63, 3.8) is 0 Å². The average molecular weight is 466 g/mol. The molecule has 0 aliphatic carbocycles. The van der Waals surface area contributed by atoms with E-state index in [0.717, 1.165) is 24.8 Å². The summed E-state index contributed by atoms with van der Waals surface area (Å²) in [5.41, 5.74) is 6.84. The van der Waals surface area contributed by atoms with Crippen LogP contribution in [0.1, 0.15) is 93.2 Å². The lowest BCUT2D eigenvalue weighted by molar-refractivity contribution is -0.327. The standard InChI is InChI=1S/C28H39N3O3/c1-7-27(5)18-24(30-26(33)23-16-14-22(15-17-23)25(29)32)19(3)28(6,8-2)31(27)34-20(4)21-12-10-9-11-13-21/h9-17,19-20,24H,7-8,18H2,1-6H3,(H2,29,32)(H,30,33). The molecule has 6 nitrogen and oxygen atoms in total. The van der Waals surface area contributed by atoms with Gasteiger partial charge >= 0.3 is 0 Å². The van der Waals surface area contributed by atoms with E-state index in [1.807, 2.05) is 18.2 Å². The first kappa shape index (κ1) is 25.9. The van der Waals surface area contributed by atoms with Crippen LogP contribution >= 0.6 is 0 Å². The number of nitrogens with two attached hydrogens (primary N) is 1. The van der Waals surface area contributed by atoms with Gasteiger partial charge in [0.05, 0.1) is 0 Å². The Morgan fingerprint density at radius 3 is 2.18 bits per heavy atom. The van der Waals surface area contributed by atoms with Crippen molar-refractivity contribution < 1.29 is 14.4 Å². The Balaban J connectivity index is 1.85. The topological polar surface area (TPSA) is 84.7 Å². The molecule has 184 valence electrons. The Morgan fingerprint density at radius 2 is 1.65 bits per heavy atom. The lowest BCUT2D eigenvalue weighted by Gasteiger charge is -2.60. The minimum Gasteiger partial charge on any atom is -0.366 e. The molecule has 1 saturated heterocycles. The van der Waals surface area contributed by atoms with E-state index in [1.165, 1.54) is 0 Å². The monoisotopic (exact) mass is 465 g/mol. The highest BCUT2D eigenvalue weighted by Crippen LogP contribution is 2.47. The highest BCUT2D eigenvalue weighted by Gasteiger charge is 2.54. The third-order valence-electron chi connectivity index (χ3n) is 7.96. The largest absolute Gasteiger partial charge is 0.366 e. The van der Waals surface area contributed by atoms with Crippen LogP contribution in [0.15, 0.2) is 54.6 Å². The third-order valence-corrected chi connectivity index (χ3v) is 7.96. The van der Waals surface area contributed by atoms with E-state index in [0.29, 0.717) is 11.1 Å². The fraction of sp³-hybridized carbons (Fsp3) is 0.500. The van der Waals surface area contributed by atoms with Crippen LogP contribution in [0.25, 0.3) is 0 Å². The van der Waals surface area contributed by atoms with Gasteiger partial charge in [-0.25, -0.2) is 0 Å². The molecule has 0 spiro atoms. The average Bonchev–Trinajstić information content (AvgIpc) is 2.85. The summed E-state index contributed by atoms with van der Waals surface area (Å²) in [6.07, 6.45) is 2.45. The van der Waals surface area contributed by atoms with E-state index >= 15 is 0 Å². The fourth-order valence-corrected chi connectivity index (χ4v) is 5.13. The summed E-state index contributed by atoms with van der Waals surface area (Å²) in [7, 11) is 0. The minimum atomic E-state index is -0.505. The zero-order chi connectivity index (χ0) is 25.1. The van der Waals surface area contributed by atoms with Gasteiger partial charge in [-0.3, -0.25) is 14.4 Å². The van der Waals surface area contributed by atoms with Crippen molar-refractivity contribution in [2.24, 2.45) is 11.7 Å².